The second-order valence-corrected chi connectivity index (χ2v) is 7.50. The Kier molecular flexibility index (Phi) is 5.57. The monoisotopic (exact) mass is 350 g/mol. The molecule has 1 aliphatic heterocycles. The lowest BCUT2D eigenvalue weighted by Crippen LogP contribution is -2.49. The summed E-state index contributed by atoms with van der Waals surface area (Å²) in [6, 6.07) is 3.95. The summed E-state index contributed by atoms with van der Waals surface area (Å²) in [4.78, 5) is 25.0. The van der Waals surface area contributed by atoms with E-state index in [1.54, 1.807) is 6.07 Å². The Morgan fingerprint density at radius 1 is 1.28 bits per heavy atom. The van der Waals surface area contributed by atoms with Crippen molar-refractivity contribution in [3.05, 3.63) is 29.3 Å². The molecule has 7 heteroatoms. The van der Waals surface area contributed by atoms with Crippen molar-refractivity contribution in [2.45, 2.75) is 51.2 Å². The van der Waals surface area contributed by atoms with Crippen molar-refractivity contribution in [2.24, 2.45) is 0 Å². The third-order valence-electron chi connectivity index (χ3n) is 4.46. The molecule has 0 spiro atoms. The van der Waals surface area contributed by atoms with E-state index < -0.39 is 24.1 Å². The minimum absolute atomic E-state index is 0.0481. The van der Waals surface area contributed by atoms with Crippen molar-refractivity contribution in [3.63, 3.8) is 0 Å². The predicted molar refractivity (Wildman–Crippen MR) is 92.9 cm³/mol. The Morgan fingerprint density at radius 2 is 1.96 bits per heavy atom. The first-order valence-electron chi connectivity index (χ1n) is 8.40. The fraction of sp³-hybridized carbons (Fsp3) is 0.556. The van der Waals surface area contributed by atoms with Crippen LogP contribution in [-0.2, 0) is 5.41 Å². The van der Waals surface area contributed by atoms with Crippen LogP contribution in [0.25, 0.3) is 0 Å². The molecule has 25 heavy (non-hydrogen) atoms. The number of carbonyl (C=O) groups excluding carboxylic acids is 1. The van der Waals surface area contributed by atoms with Gasteiger partial charge in [-0.3, -0.25) is 4.79 Å². The number of nitrogens with zero attached hydrogens (tertiary/aromatic N) is 1. The smallest absolute Gasteiger partial charge is 0.407 e. The molecule has 2 rings (SSSR count). The number of aromatic hydroxyl groups is 1. The number of likely N-dealkylation sites (tertiary alicyclic amines) is 1. The topological polar surface area (TPSA) is 110 Å². The normalized spacial score (nSPS) is 21.5. The summed E-state index contributed by atoms with van der Waals surface area (Å²) in [6.07, 6.45) is -0.884. The van der Waals surface area contributed by atoms with Crippen molar-refractivity contribution in [1.29, 1.82) is 0 Å². The van der Waals surface area contributed by atoms with E-state index in [-0.39, 0.29) is 17.7 Å². The van der Waals surface area contributed by atoms with E-state index in [1.807, 2.05) is 20.8 Å². The number of rotatable bonds is 2. The number of nitrogens with one attached hydrogen (secondary N) is 1. The lowest BCUT2D eigenvalue weighted by molar-refractivity contribution is 0.0792. The molecule has 2 atom stereocenters. The van der Waals surface area contributed by atoms with Gasteiger partial charge >= 0.3 is 6.09 Å². The number of hydrogen-bond acceptors (Lipinski definition) is 4. The van der Waals surface area contributed by atoms with Gasteiger partial charge in [0.1, 0.15) is 5.75 Å². The van der Waals surface area contributed by atoms with E-state index >= 15 is 0 Å². The van der Waals surface area contributed by atoms with Gasteiger partial charge in [0.05, 0.1) is 12.1 Å². The lowest BCUT2D eigenvalue weighted by atomic mass is 9.85. The number of hydrogen-bond donors (Lipinski definition) is 4. The van der Waals surface area contributed by atoms with E-state index in [2.05, 4.69) is 5.32 Å². The van der Waals surface area contributed by atoms with Gasteiger partial charge in [-0.15, -0.1) is 0 Å². The van der Waals surface area contributed by atoms with Gasteiger partial charge in [0.2, 0.25) is 0 Å². The summed E-state index contributed by atoms with van der Waals surface area (Å²) >= 11 is 0. The fourth-order valence-electron chi connectivity index (χ4n) is 2.99. The van der Waals surface area contributed by atoms with Crippen LogP contribution >= 0.6 is 0 Å². The first-order valence-corrected chi connectivity index (χ1v) is 8.40. The van der Waals surface area contributed by atoms with Gasteiger partial charge in [0.25, 0.3) is 5.91 Å². The zero-order chi connectivity index (χ0) is 18.8. The Balaban J connectivity index is 2.19. The predicted octanol–water partition coefficient (Wildman–Crippen LogP) is 1.92. The number of carbonyl (C=O) groups is 2. The molecule has 0 saturated carbocycles. The summed E-state index contributed by atoms with van der Waals surface area (Å²) in [5, 5.41) is 32.1. The number of aliphatic hydroxyl groups excluding tert-OH is 1. The Morgan fingerprint density at radius 3 is 2.56 bits per heavy atom. The summed E-state index contributed by atoms with van der Waals surface area (Å²) < 4.78 is 0. The molecule has 2 amide bonds. The van der Waals surface area contributed by atoms with Crippen LogP contribution < -0.4 is 5.32 Å². The number of amides is 2. The second kappa shape index (κ2) is 7.31. The number of benzene rings is 1. The standard InChI is InChI=1S/C18H26N2O5/c1-18(2,3)12-9-11(6-7-14(12)21)16(23)19-13-10-20(17(24)25)8-4-5-15(13)22/h6-7,9,13,15,21-22H,4-5,8,10H2,1-3H3,(H,19,23)(H,24,25)/t13-,15-/m1/s1. The van der Waals surface area contributed by atoms with Crippen molar-refractivity contribution >= 4 is 12.0 Å². The van der Waals surface area contributed by atoms with E-state index in [0.717, 1.165) is 0 Å². The molecule has 0 bridgehead atoms. The quantitative estimate of drug-likeness (QED) is 0.651. The third kappa shape index (κ3) is 4.63. The van der Waals surface area contributed by atoms with Crippen LogP contribution in [0.3, 0.4) is 0 Å². The first kappa shape index (κ1) is 19.1. The number of phenols is 1. The maximum atomic E-state index is 12.6. The molecular weight excluding hydrogens is 324 g/mol. The highest BCUT2D eigenvalue weighted by molar-refractivity contribution is 5.95. The third-order valence-corrected chi connectivity index (χ3v) is 4.46. The van der Waals surface area contributed by atoms with Gasteiger partial charge in [0.15, 0.2) is 0 Å². The van der Waals surface area contributed by atoms with Crippen molar-refractivity contribution in [3.8, 4) is 5.75 Å². The number of phenolic OH excluding ortho intramolecular Hbond substituents is 1. The molecule has 1 fully saturated rings. The molecule has 0 unspecified atom stereocenters. The van der Waals surface area contributed by atoms with Crippen LogP contribution in [0.2, 0.25) is 0 Å². The Bertz CT molecular complexity index is 653. The molecule has 1 aromatic carbocycles. The molecule has 1 aromatic rings. The molecule has 1 aliphatic rings. The minimum atomic E-state index is -1.06. The fourth-order valence-corrected chi connectivity index (χ4v) is 2.99. The van der Waals surface area contributed by atoms with Gasteiger partial charge < -0.3 is 25.5 Å². The highest BCUT2D eigenvalue weighted by Crippen LogP contribution is 2.31. The first-order chi connectivity index (χ1) is 11.6. The van der Waals surface area contributed by atoms with Crippen LogP contribution in [0.15, 0.2) is 18.2 Å². The van der Waals surface area contributed by atoms with E-state index in [0.29, 0.717) is 30.5 Å². The van der Waals surface area contributed by atoms with Crippen LogP contribution in [0.4, 0.5) is 4.79 Å². The van der Waals surface area contributed by atoms with E-state index in [1.165, 1.54) is 17.0 Å². The average Bonchev–Trinajstić information content (AvgIpc) is 2.69. The lowest BCUT2D eigenvalue weighted by Gasteiger charge is -2.26. The summed E-state index contributed by atoms with van der Waals surface area (Å²) in [6.45, 7) is 6.19. The van der Waals surface area contributed by atoms with Gasteiger partial charge in [-0.1, -0.05) is 20.8 Å². The van der Waals surface area contributed by atoms with Crippen LogP contribution in [0.1, 0.15) is 49.5 Å². The van der Waals surface area contributed by atoms with E-state index in [4.69, 9.17) is 0 Å². The van der Waals surface area contributed by atoms with Crippen molar-refractivity contribution in [1.82, 2.24) is 10.2 Å². The summed E-state index contributed by atoms with van der Waals surface area (Å²) in [7, 11) is 0. The zero-order valence-electron chi connectivity index (χ0n) is 14.8. The Hall–Kier alpha value is -2.28. The molecule has 138 valence electrons. The molecule has 4 N–H and O–H groups in total. The zero-order valence-corrected chi connectivity index (χ0v) is 14.8. The van der Waals surface area contributed by atoms with Crippen molar-refractivity contribution < 1.29 is 24.9 Å². The highest BCUT2D eigenvalue weighted by atomic mass is 16.4. The van der Waals surface area contributed by atoms with Gasteiger partial charge in [-0.2, -0.15) is 0 Å². The largest absolute Gasteiger partial charge is 0.508 e. The van der Waals surface area contributed by atoms with Crippen LogP contribution in [0, 0.1) is 0 Å². The summed E-state index contributed by atoms with van der Waals surface area (Å²) in [5.41, 5.74) is 0.678. The van der Waals surface area contributed by atoms with Crippen LogP contribution in [-0.4, -0.2) is 57.5 Å². The SMILES string of the molecule is CC(C)(C)c1cc(C(=O)N[C@@H]2CN(C(=O)O)CCC[C@H]2O)ccc1O. The Labute approximate surface area is 147 Å². The molecular formula is C18H26N2O5. The van der Waals surface area contributed by atoms with Gasteiger partial charge in [-0.05, 0) is 36.5 Å². The molecule has 0 aromatic heterocycles. The van der Waals surface area contributed by atoms with E-state index in [9.17, 15) is 24.9 Å². The number of carboxylic acid groups (broad SMARTS) is 1. The molecule has 1 heterocycles. The maximum Gasteiger partial charge on any atom is 0.407 e. The molecule has 0 radical (unpaired) electrons. The molecule has 0 aliphatic carbocycles. The van der Waals surface area contributed by atoms with Crippen molar-refractivity contribution in [2.75, 3.05) is 13.1 Å². The highest BCUT2D eigenvalue weighted by Gasteiger charge is 2.29. The van der Waals surface area contributed by atoms with Gasteiger partial charge in [-0.25, -0.2) is 4.79 Å². The summed E-state index contributed by atoms with van der Waals surface area (Å²) in [5.74, 6) is -0.280. The minimum Gasteiger partial charge on any atom is -0.508 e. The molecule has 1 saturated heterocycles. The second-order valence-electron chi connectivity index (χ2n) is 7.50. The van der Waals surface area contributed by atoms with Crippen LogP contribution in [0.5, 0.6) is 5.75 Å². The number of aliphatic hydroxyl groups is 1. The maximum absolute atomic E-state index is 12.6. The average molecular weight is 350 g/mol. The molecule has 7 nitrogen and oxygen atoms in total. The van der Waals surface area contributed by atoms with Gasteiger partial charge in [0, 0.05) is 24.2 Å².